The van der Waals surface area contributed by atoms with Crippen molar-refractivity contribution in [2.24, 2.45) is 0 Å². The molecule has 5 heteroatoms. The molecule has 2 heterocycles. The lowest BCUT2D eigenvalue weighted by Gasteiger charge is -2.18. The fourth-order valence-electron chi connectivity index (χ4n) is 2.27. The Morgan fingerprint density at radius 1 is 1.00 bits per heavy atom. The molecule has 0 saturated heterocycles. The third kappa shape index (κ3) is 5.50. The first-order chi connectivity index (χ1) is 13.2. The van der Waals surface area contributed by atoms with Gasteiger partial charge in [0.05, 0.1) is 6.04 Å². The summed E-state index contributed by atoms with van der Waals surface area (Å²) in [6, 6.07) is 11.7. The Hall–Kier alpha value is -2.97. The van der Waals surface area contributed by atoms with Crippen LogP contribution >= 0.6 is 0 Å². The maximum Gasteiger partial charge on any atom is 0.244 e. The topological polar surface area (TPSA) is 55.1 Å². The van der Waals surface area contributed by atoms with Crippen LogP contribution in [0, 0.1) is 11.8 Å². The molecule has 1 atom stereocenters. The van der Waals surface area contributed by atoms with E-state index in [2.05, 4.69) is 45.7 Å². The molecule has 0 saturated carbocycles. The Balaban J connectivity index is 0.00000126. The van der Waals surface area contributed by atoms with Gasteiger partial charge in [0.1, 0.15) is 0 Å². The molecule has 0 radical (unpaired) electrons. The maximum atomic E-state index is 5.40. The minimum Gasteiger partial charge on any atom is -0.337 e. The van der Waals surface area contributed by atoms with Crippen molar-refractivity contribution in [3.05, 3.63) is 65.8 Å². The van der Waals surface area contributed by atoms with Crippen molar-refractivity contribution in [1.29, 1.82) is 0 Å². The van der Waals surface area contributed by atoms with Crippen molar-refractivity contribution < 1.29 is 4.52 Å². The van der Waals surface area contributed by atoms with Gasteiger partial charge in [0, 0.05) is 29.1 Å². The van der Waals surface area contributed by atoms with Gasteiger partial charge in [-0.1, -0.05) is 37.8 Å². The third-order valence-corrected chi connectivity index (χ3v) is 4.13. The van der Waals surface area contributed by atoms with Gasteiger partial charge in [-0.2, -0.15) is 4.98 Å². The van der Waals surface area contributed by atoms with Crippen LogP contribution in [0.5, 0.6) is 0 Å². The van der Waals surface area contributed by atoms with Crippen LogP contribution in [0.1, 0.15) is 50.8 Å². The van der Waals surface area contributed by atoms with E-state index in [0.29, 0.717) is 11.7 Å². The van der Waals surface area contributed by atoms with E-state index in [0.717, 1.165) is 23.2 Å². The van der Waals surface area contributed by atoms with Gasteiger partial charge in [-0.05, 0) is 56.9 Å². The maximum absolute atomic E-state index is 5.40. The predicted molar refractivity (Wildman–Crippen MR) is 108 cm³/mol. The number of aromatic nitrogens is 3. The number of benzene rings is 1. The summed E-state index contributed by atoms with van der Waals surface area (Å²) in [6.07, 6.45) is 3.47. The molecule has 0 bridgehead atoms. The van der Waals surface area contributed by atoms with E-state index in [1.807, 2.05) is 57.3 Å². The number of hydrogen-bond acceptors (Lipinski definition) is 5. The highest BCUT2D eigenvalue weighted by Crippen LogP contribution is 2.21. The molecule has 27 heavy (non-hydrogen) atoms. The van der Waals surface area contributed by atoms with Gasteiger partial charge in [-0.15, -0.1) is 0 Å². The molecule has 0 amide bonds. The van der Waals surface area contributed by atoms with Crippen LogP contribution in [0.15, 0.2) is 53.3 Å². The largest absolute Gasteiger partial charge is 0.337 e. The Kier molecular flexibility index (Phi) is 7.72. The molecule has 0 aliphatic heterocycles. The van der Waals surface area contributed by atoms with Crippen LogP contribution in [0.4, 0.5) is 0 Å². The molecule has 0 N–H and O–H groups in total. The van der Waals surface area contributed by atoms with Crippen LogP contribution in [-0.4, -0.2) is 33.6 Å². The highest BCUT2D eigenvalue weighted by Gasteiger charge is 2.18. The van der Waals surface area contributed by atoms with Gasteiger partial charge in [-0.25, -0.2) is 0 Å². The van der Waals surface area contributed by atoms with Gasteiger partial charge in [0.2, 0.25) is 11.7 Å². The number of nitrogens with zero attached hydrogens (tertiary/aromatic N) is 4. The molecule has 0 spiro atoms. The zero-order valence-electron chi connectivity index (χ0n) is 16.6. The van der Waals surface area contributed by atoms with Crippen molar-refractivity contribution >= 4 is 0 Å². The lowest BCUT2D eigenvalue weighted by molar-refractivity contribution is 0.218. The molecule has 1 unspecified atom stereocenters. The molecule has 5 nitrogen and oxygen atoms in total. The van der Waals surface area contributed by atoms with E-state index in [4.69, 9.17) is 4.52 Å². The molecule has 0 aliphatic carbocycles. The van der Waals surface area contributed by atoms with Gasteiger partial charge in [-0.3, -0.25) is 9.88 Å². The molecular formula is C22H26N4O. The quantitative estimate of drug-likeness (QED) is 0.636. The van der Waals surface area contributed by atoms with Crippen LogP contribution < -0.4 is 0 Å². The minimum absolute atomic E-state index is 0.0942. The number of rotatable bonds is 4. The Morgan fingerprint density at radius 2 is 1.59 bits per heavy atom. The summed E-state index contributed by atoms with van der Waals surface area (Å²) in [5.41, 5.74) is 2.79. The molecule has 2 aromatic heterocycles. The highest BCUT2D eigenvalue weighted by molar-refractivity contribution is 5.56. The lowest BCUT2D eigenvalue weighted by Crippen LogP contribution is -2.21. The van der Waals surface area contributed by atoms with E-state index in [-0.39, 0.29) is 6.04 Å². The Morgan fingerprint density at radius 3 is 2.19 bits per heavy atom. The highest BCUT2D eigenvalue weighted by atomic mass is 16.5. The monoisotopic (exact) mass is 362 g/mol. The predicted octanol–water partition coefficient (Wildman–Crippen LogP) is 4.57. The summed E-state index contributed by atoms with van der Waals surface area (Å²) in [4.78, 5) is 10.6. The second-order valence-corrected chi connectivity index (χ2v) is 5.77. The van der Waals surface area contributed by atoms with E-state index < -0.39 is 0 Å². The molecule has 1 aromatic carbocycles. The average molecular weight is 362 g/mol. The van der Waals surface area contributed by atoms with Crippen LogP contribution in [0.2, 0.25) is 0 Å². The summed E-state index contributed by atoms with van der Waals surface area (Å²) >= 11 is 0. The Labute approximate surface area is 161 Å². The van der Waals surface area contributed by atoms with Crippen molar-refractivity contribution in [2.45, 2.75) is 33.7 Å². The Bertz CT molecular complexity index is 876. The third-order valence-electron chi connectivity index (χ3n) is 4.13. The van der Waals surface area contributed by atoms with E-state index in [1.54, 1.807) is 12.4 Å². The summed E-state index contributed by atoms with van der Waals surface area (Å²) < 4.78 is 5.40. The molecule has 3 rings (SSSR count). The normalized spacial score (nSPS) is 11.2. The second kappa shape index (κ2) is 10.2. The summed E-state index contributed by atoms with van der Waals surface area (Å²) in [6.45, 7) is 9.07. The lowest BCUT2D eigenvalue weighted by atomic mass is 10.1. The fourth-order valence-corrected chi connectivity index (χ4v) is 2.27. The average Bonchev–Trinajstić information content (AvgIpc) is 3.24. The number of pyridine rings is 1. The van der Waals surface area contributed by atoms with E-state index in [1.165, 1.54) is 0 Å². The van der Waals surface area contributed by atoms with Gasteiger partial charge < -0.3 is 4.52 Å². The van der Waals surface area contributed by atoms with Gasteiger partial charge >= 0.3 is 0 Å². The van der Waals surface area contributed by atoms with Gasteiger partial charge in [0.25, 0.3) is 0 Å². The zero-order chi connectivity index (χ0) is 19.6. The van der Waals surface area contributed by atoms with Crippen molar-refractivity contribution in [3.8, 4) is 23.2 Å². The summed E-state index contributed by atoms with van der Waals surface area (Å²) in [5, 5.41) is 4.09. The van der Waals surface area contributed by atoms with Crippen molar-refractivity contribution in [1.82, 2.24) is 20.0 Å². The van der Waals surface area contributed by atoms with Crippen LogP contribution in [0.25, 0.3) is 11.4 Å². The standard InChI is InChI=1S/C20H20N4O.C2H6/c1-4-24(3)15(2)20-22-19(23-25-20)18-9-7-16(8-10-18)5-6-17-11-13-21-14-12-17;1-2/h7-15H,4H2,1-3H3;1-2H3. The van der Waals surface area contributed by atoms with Crippen LogP contribution in [-0.2, 0) is 0 Å². The summed E-state index contributed by atoms with van der Waals surface area (Å²) in [5.74, 6) is 7.47. The van der Waals surface area contributed by atoms with Crippen LogP contribution in [0.3, 0.4) is 0 Å². The molecular weight excluding hydrogens is 336 g/mol. The molecule has 0 fully saturated rings. The zero-order valence-corrected chi connectivity index (χ0v) is 16.6. The molecule has 3 aromatic rings. The van der Waals surface area contributed by atoms with Crippen molar-refractivity contribution in [3.63, 3.8) is 0 Å². The molecule has 0 aliphatic rings. The van der Waals surface area contributed by atoms with Crippen molar-refractivity contribution in [2.75, 3.05) is 13.6 Å². The first-order valence-corrected chi connectivity index (χ1v) is 9.23. The van der Waals surface area contributed by atoms with E-state index in [9.17, 15) is 0 Å². The van der Waals surface area contributed by atoms with E-state index >= 15 is 0 Å². The smallest absolute Gasteiger partial charge is 0.244 e. The van der Waals surface area contributed by atoms with Gasteiger partial charge in [0.15, 0.2) is 0 Å². The summed E-state index contributed by atoms with van der Waals surface area (Å²) in [7, 11) is 2.03. The first kappa shape index (κ1) is 20.3. The number of hydrogen-bond donors (Lipinski definition) is 0. The fraction of sp³-hybridized carbons (Fsp3) is 0.318. The first-order valence-electron chi connectivity index (χ1n) is 9.23. The SMILES string of the molecule is CC.CCN(C)C(C)c1nc(-c2ccc(C#Cc3ccncc3)cc2)no1. The second-order valence-electron chi connectivity index (χ2n) is 5.77. The molecule has 140 valence electrons. The minimum atomic E-state index is 0.0942.